The molecule has 0 unspecified atom stereocenters. The molecule has 0 saturated carbocycles. The summed E-state index contributed by atoms with van der Waals surface area (Å²) in [4.78, 5) is 23.0. The average Bonchev–Trinajstić information content (AvgIpc) is 2.87. The quantitative estimate of drug-likeness (QED) is 0.373. The van der Waals surface area contributed by atoms with E-state index < -0.39 is 11.8 Å². The number of amides is 2. The fourth-order valence-electron chi connectivity index (χ4n) is 2.38. The van der Waals surface area contributed by atoms with Crippen LogP contribution in [0.15, 0.2) is 48.1 Å². The Labute approximate surface area is 151 Å². The molecule has 25 heavy (non-hydrogen) atoms. The molecule has 0 saturated heterocycles. The molecule has 6 nitrogen and oxygen atoms in total. The third-order valence-electron chi connectivity index (χ3n) is 3.55. The number of hydrogen-bond donors (Lipinski definition) is 2. The second-order valence-electron chi connectivity index (χ2n) is 5.31. The average molecular weight is 359 g/mol. The summed E-state index contributed by atoms with van der Waals surface area (Å²) in [6, 6.07) is 9.46. The largest absolute Gasteiger partial charge is 0.344 e. The number of nitrogens with zero attached hydrogens (tertiary/aromatic N) is 2. The van der Waals surface area contributed by atoms with Crippen LogP contribution in [-0.2, 0) is 9.59 Å². The molecule has 0 atom stereocenters. The molecule has 0 bridgehead atoms. The van der Waals surface area contributed by atoms with Crippen LogP contribution in [0.4, 0.5) is 0 Å². The van der Waals surface area contributed by atoms with E-state index in [1.165, 1.54) is 12.3 Å². The van der Waals surface area contributed by atoms with Crippen molar-refractivity contribution >= 4 is 29.6 Å². The monoisotopic (exact) mass is 358 g/mol. The summed E-state index contributed by atoms with van der Waals surface area (Å²) in [5.74, 6) is -1.60. The predicted molar refractivity (Wildman–Crippen MR) is 99.2 cm³/mol. The number of aromatic nitrogens is 1. The second-order valence-corrected chi connectivity index (χ2v) is 5.72. The zero-order valence-electron chi connectivity index (χ0n) is 14.0. The molecule has 0 fully saturated rings. The van der Waals surface area contributed by atoms with E-state index in [4.69, 9.17) is 11.6 Å². The highest BCUT2D eigenvalue weighted by Crippen LogP contribution is 2.25. The van der Waals surface area contributed by atoms with Crippen LogP contribution >= 0.6 is 11.6 Å². The maximum atomic E-state index is 11.6. The van der Waals surface area contributed by atoms with E-state index in [0.717, 1.165) is 22.6 Å². The van der Waals surface area contributed by atoms with Crippen LogP contribution in [0.3, 0.4) is 0 Å². The molecule has 2 N–H and O–H groups in total. The number of halogens is 1. The first-order valence-corrected chi connectivity index (χ1v) is 7.99. The van der Waals surface area contributed by atoms with Gasteiger partial charge in [-0.2, -0.15) is 5.10 Å². The summed E-state index contributed by atoms with van der Waals surface area (Å²) in [5, 5.41) is 6.85. The van der Waals surface area contributed by atoms with Crippen molar-refractivity contribution in [2.24, 2.45) is 5.10 Å². The molecule has 130 valence electrons. The minimum absolute atomic E-state index is 0.217. The van der Waals surface area contributed by atoms with Gasteiger partial charge in [-0.1, -0.05) is 29.8 Å². The van der Waals surface area contributed by atoms with Gasteiger partial charge in [0.1, 0.15) is 0 Å². The molecule has 2 rings (SSSR count). The van der Waals surface area contributed by atoms with E-state index in [-0.39, 0.29) is 6.54 Å². The molecule has 1 aromatic carbocycles. The van der Waals surface area contributed by atoms with Gasteiger partial charge in [0.15, 0.2) is 0 Å². The topological polar surface area (TPSA) is 75.5 Å². The number of para-hydroxylation sites is 1. The standard InChI is InChI=1S/C18H19ClN4O2/c1-4-9-20-17(24)18(25)22-21-11-14-10-12(2)23(13(14)3)16-8-6-5-7-15(16)19/h4-8,10-11H,1,9H2,2-3H3,(H,20,24)(H,22,25)/b21-11-. The number of nitrogens with one attached hydrogen (secondary N) is 2. The van der Waals surface area contributed by atoms with Gasteiger partial charge in [-0.15, -0.1) is 6.58 Å². The van der Waals surface area contributed by atoms with Crippen molar-refractivity contribution in [2.75, 3.05) is 6.54 Å². The van der Waals surface area contributed by atoms with Crippen molar-refractivity contribution in [2.45, 2.75) is 13.8 Å². The fraction of sp³-hybridized carbons (Fsp3) is 0.167. The normalized spacial score (nSPS) is 10.7. The van der Waals surface area contributed by atoms with Crippen molar-refractivity contribution < 1.29 is 9.59 Å². The van der Waals surface area contributed by atoms with Gasteiger partial charge in [0.05, 0.1) is 16.9 Å². The van der Waals surface area contributed by atoms with Crippen LogP contribution in [0.25, 0.3) is 5.69 Å². The van der Waals surface area contributed by atoms with Crippen molar-refractivity contribution in [3.63, 3.8) is 0 Å². The van der Waals surface area contributed by atoms with E-state index in [9.17, 15) is 9.59 Å². The fourth-order valence-corrected chi connectivity index (χ4v) is 2.60. The van der Waals surface area contributed by atoms with Gasteiger partial charge in [0, 0.05) is 23.5 Å². The number of hydrazone groups is 1. The van der Waals surface area contributed by atoms with Gasteiger partial charge in [0.25, 0.3) is 0 Å². The molecule has 0 aliphatic carbocycles. The molecule has 2 aromatic rings. The third kappa shape index (κ3) is 4.36. The zero-order chi connectivity index (χ0) is 18.4. The Morgan fingerprint density at radius 3 is 2.68 bits per heavy atom. The highest BCUT2D eigenvalue weighted by Gasteiger charge is 2.13. The minimum atomic E-state index is -0.835. The number of hydrogen-bond acceptors (Lipinski definition) is 3. The Morgan fingerprint density at radius 1 is 1.28 bits per heavy atom. The minimum Gasteiger partial charge on any atom is -0.344 e. The van der Waals surface area contributed by atoms with E-state index in [2.05, 4.69) is 22.4 Å². The molecule has 1 aromatic heterocycles. The lowest BCUT2D eigenvalue weighted by Gasteiger charge is -2.11. The molecule has 2 amide bonds. The van der Waals surface area contributed by atoms with E-state index in [0.29, 0.717) is 5.02 Å². The zero-order valence-corrected chi connectivity index (χ0v) is 14.8. The first-order chi connectivity index (χ1) is 12.0. The molecule has 0 spiro atoms. The number of aryl methyl sites for hydroxylation is 1. The summed E-state index contributed by atoms with van der Waals surface area (Å²) in [5.41, 5.74) is 5.76. The summed E-state index contributed by atoms with van der Waals surface area (Å²) in [6.45, 7) is 7.55. The first kappa shape index (κ1) is 18.5. The summed E-state index contributed by atoms with van der Waals surface area (Å²) in [6.07, 6.45) is 2.98. The van der Waals surface area contributed by atoms with Gasteiger partial charge in [-0.05, 0) is 32.0 Å². The summed E-state index contributed by atoms with van der Waals surface area (Å²) in [7, 11) is 0. The van der Waals surface area contributed by atoms with Gasteiger partial charge in [-0.3, -0.25) is 9.59 Å². The maximum Gasteiger partial charge on any atom is 0.329 e. The van der Waals surface area contributed by atoms with Crippen molar-refractivity contribution in [3.8, 4) is 5.69 Å². The Bertz CT molecular complexity index is 840. The SMILES string of the molecule is C=CCNC(=O)C(=O)N/N=C\c1cc(C)n(-c2ccccc2Cl)c1C. The van der Waals surface area contributed by atoms with Gasteiger partial charge in [0.2, 0.25) is 0 Å². The lowest BCUT2D eigenvalue weighted by Crippen LogP contribution is -2.37. The van der Waals surface area contributed by atoms with Crippen LogP contribution in [-0.4, -0.2) is 29.1 Å². The van der Waals surface area contributed by atoms with Gasteiger partial charge >= 0.3 is 11.8 Å². The van der Waals surface area contributed by atoms with E-state index >= 15 is 0 Å². The lowest BCUT2D eigenvalue weighted by molar-refractivity contribution is -0.139. The van der Waals surface area contributed by atoms with Crippen LogP contribution in [0.1, 0.15) is 17.0 Å². The summed E-state index contributed by atoms with van der Waals surface area (Å²) >= 11 is 6.27. The molecule has 0 aliphatic heterocycles. The maximum absolute atomic E-state index is 11.6. The highest BCUT2D eigenvalue weighted by molar-refractivity contribution is 6.35. The molecule has 0 radical (unpaired) electrons. The smallest absolute Gasteiger partial charge is 0.329 e. The highest BCUT2D eigenvalue weighted by atomic mass is 35.5. The Kier molecular flexibility index (Phi) is 6.14. The van der Waals surface area contributed by atoms with E-state index in [1.54, 1.807) is 0 Å². The number of carbonyl (C=O) groups is 2. The third-order valence-corrected chi connectivity index (χ3v) is 3.87. The molecule has 1 heterocycles. The Balaban J connectivity index is 2.15. The van der Waals surface area contributed by atoms with Crippen molar-refractivity contribution in [1.29, 1.82) is 0 Å². The van der Waals surface area contributed by atoms with Crippen molar-refractivity contribution in [1.82, 2.24) is 15.3 Å². The number of rotatable bonds is 5. The van der Waals surface area contributed by atoms with Crippen LogP contribution in [0, 0.1) is 13.8 Å². The molecule has 7 heteroatoms. The Morgan fingerprint density at radius 2 is 2.00 bits per heavy atom. The number of benzene rings is 1. The van der Waals surface area contributed by atoms with Crippen LogP contribution in [0.2, 0.25) is 5.02 Å². The summed E-state index contributed by atoms with van der Waals surface area (Å²) < 4.78 is 2.00. The van der Waals surface area contributed by atoms with Gasteiger partial charge in [-0.25, -0.2) is 5.43 Å². The molecular weight excluding hydrogens is 340 g/mol. The number of carbonyl (C=O) groups excluding carboxylic acids is 2. The first-order valence-electron chi connectivity index (χ1n) is 7.61. The lowest BCUT2D eigenvalue weighted by atomic mass is 10.2. The van der Waals surface area contributed by atoms with Crippen molar-refractivity contribution in [3.05, 3.63) is 65.0 Å². The Hall–Kier alpha value is -2.86. The molecule has 0 aliphatic rings. The van der Waals surface area contributed by atoms with Gasteiger partial charge < -0.3 is 9.88 Å². The predicted octanol–water partition coefficient (Wildman–Crippen LogP) is 2.50. The van der Waals surface area contributed by atoms with Crippen LogP contribution < -0.4 is 10.7 Å². The second kappa shape index (κ2) is 8.30. The van der Waals surface area contributed by atoms with Crippen LogP contribution in [0.5, 0.6) is 0 Å². The van der Waals surface area contributed by atoms with E-state index in [1.807, 2.05) is 48.7 Å². The molecular formula is C18H19ClN4O2.